The third-order valence-corrected chi connectivity index (χ3v) is 10.2. The van der Waals surface area contributed by atoms with Crippen molar-refractivity contribution in [3.05, 3.63) is 0 Å². The molecule has 0 nitrogen and oxygen atoms in total. The number of hydrogen-bond donors (Lipinski definition) is 0. The normalized spacial score (nSPS) is 32.2. The maximum Gasteiger partial charge on any atom is -0.0354 e. The summed E-state index contributed by atoms with van der Waals surface area (Å²) in [6.07, 6.45) is 29.5. The number of hydrogen-bond acceptors (Lipinski definition) is 0. The summed E-state index contributed by atoms with van der Waals surface area (Å²) in [5.74, 6) is 6.21. The Balaban J connectivity index is 0.000000219. The first-order valence-corrected chi connectivity index (χ1v) is 16.6. The Morgan fingerprint density at radius 3 is 1.14 bits per heavy atom. The molecule has 4 unspecified atom stereocenters. The van der Waals surface area contributed by atoms with Crippen LogP contribution >= 0.6 is 0 Å². The van der Waals surface area contributed by atoms with Gasteiger partial charge in [0, 0.05) is 0 Å². The van der Waals surface area contributed by atoms with Crippen LogP contribution in [0.3, 0.4) is 0 Å². The quantitative estimate of drug-likeness (QED) is 0.343. The van der Waals surface area contributed by atoms with E-state index >= 15 is 0 Å². The second-order valence-corrected chi connectivity index (χ2v) is 14.6. The molecule has 0 heterocycles. The van der Waals surface area contributed by atoms with Crippen molar-refractivity contribution >= 4 is 0 Å². The van der Waals surface area contributed by atoms with Gasteiger partial charge >= 0.3 is 0 Å². The highest BCUT2D eigenvalue weighted by atomic mass is 14.3. The van der Waals surface area contributed by atoms with Gasteiger partial charge < -0.3 is 0 Å². The van der Waals surface area contributed by atoms with Gasteiger partial charge in [-0.15, -0.1) is 0 Å². The van der Waals surface area contributed by atoms with Crippen LogP contribution in [0.4, 0.5) is 0 Å². The molecule has 0 spiro atoms. The highest BCUT2D eigenvalue weighted by molar-refractivity contribution is 4.74. The van der Waals surface area contributed by atoms with Crippen molar-refractivity contribution in [1.82, 2.24) is 0 Å². The molecule has 0 aromatic rings. The van der Waals surface area contributed by atoms with E-state index in [1.165, 1.54) is 128 Å². The topological polar surface area (TPSA) is 0 Å². The second-order valence-electron chi connectivity index (χ2n) is 14.6. The molecule has 0 aromatic carbocycles. The monoisotopic (exact) mass is 491 g/mol. The predicted molar refractivity (Wildman–Crippen MR) is 161 cm³/mol. The Kier molecular flexibility index (Phi) is 18.0. The van der Waals surface area contributed by atoms with E-state index in [9.17, 15) is 0 Å². The van der Waals surface area contributed by atoms with Gasteiger partial charge in [0.1, 0.15) is 0 Å². The fourth-order valence-electron chi connectivity index (χ4n) is 6.88. The molecule has 5 aliphatic carbocycles. The van der Waals surface area contributed by atoms with E-state index in [0.29, 0.717) is 5.41 Å². The SMILES string of the molecule is CC1(C)CCCC1.CC1CCC(C)C1.CC1CCCC1C.CC1CCCCC1.CCC1CCCC1. The lowest BCUT2D eigenvalue weighted by atomic mass is 9.91. The molecular weight excluding hydrogens is 420 g/mol. The summed E-state index contributed by atoms with van der Waals surface area (Å²) >= 11 is 0. The van der Waals surface area contributed by atoms with Crippen molar-refractivity contribution < 1.29 is 0 Å². The van der Waals surface area contributed by atoms with E-state index in [1.807, 2.05) is 0 Å². The van der Waals surface area contributed by atoms with Crippen molar-refractivity contribution in [3.63, 3.8) is 0 Å². The van der Waals surface area contributed by atoms with Gasteiger partial charge in [0.15, 0.2) is 0 Å². The fraction of sp³-hybridized carbons (Fsp3) is 1.00. The molecule has 35 heavy (non-hydrogen) atoms. The van der Waals surface area contributed by atoms with Gasteiger partial charge in [0.25, 0.3) is 0 Å². The summed E-state index contributed by atoms with van der Waals surface area (Å²) in [7, 11) is 0. The molecule has 0 N–H and O–H groups in total. The Bertz CT molecular complexity index is 436. The molecule has 0 bridgehead atoms. The number of rotatable bonds is 1. The highest BCUT2D eigenvalue weighted by Crippen LogP contribution is 2.36. The zero-order chi connectivity index (χ0) is 26.1. The Morgan fingerprint density at radius 2 is 0.943 bits per heavy atom. The Labute approximate surface area is 224 Å². The minimum Gasteiger partial charge on any atom is -0.0651 e. The Morgan fingerprint density at radius 1 is 0.486 bits per heavy atom. The van der Waals surface area contributed by atoms with Crippen LogP contribution < -0.4 is 0 Å². The summed E-state index contributed by atoms with van der Waals surface area (Å²) in [5.41, 5.74) is 0.694. The van der Waals surface area contributed by atoms with Gasteiger partial charge in [-0.1, -0.05) is 165 Å². The molecule has 210 valence electrons. The standard InChI is InChI=1S/5C7H14/c1-6-3-4-7(2)5-6;1-7(2)5-3-4-6-7;1-6-4-3-5-7(6)2;1-7-5-3-2-4-6-7;1-2-7-5-3-4-6-7/h6-7H,3-5H2,1-2H3;3-6H2,1-2H3;6-7H,3-5H2,1-2H3;2*7H,2-6H2,1H3. The summed E-state index contributed by atoms with van der Waals surface area (Å²) in [4.78, 5) is 0. The summed E-state index contributed by atoms with van der Waals surface area (Å²) in [6.45, 7) is 18.8. The molecule has 0 aromatic heterocycles. The van der Waals surface area contributed by atoms with E-state index in [-0.39, 0.29) is 0 Å². The first-order valence-electron chi connectivity index (χ1n) is 16.6. The lowest BCUT2D eigenvalue weighted by molar-refractivity contribution is 0.382. The lowest BCUT2D eigenvalue weighted by Crippen LogP contribution is -2.01. The molecule has 0 amide bonds. The molecule has 5 fully saturated rings. The molecular formula is C35H70. The molecule has 5 saturated carbocycles. The Hall–Kier alpha value is 0. The van der Waals surface area contributed by atoms with Gasteiger partial charge in [-0.2, -0.15) is 0 Å². The lowest BCUT2D eigenvalue weighted by Gasteiger charge is -2.15. The summed E-state index contributed by atoms with van der Waals surface area (Å²) in [6, 6.07) is 0. The second kappa shape index (κ2) is 19.1. The van der Waals surface area contributed by atoms with Crippen molar-refractivity contribution in [2.75, 3.05) is 0 Å². The average molecular weight is 491 g/mol. The van der Waals surface area contributed by atoms with Crippen molar-refractivity contribution in [3.8, 4) is 0 Å². The van der Waals surface area contributed by atoms with Gasteiger partial charge in [0.2, 0.25) is 0 Å². The molecule has 5 aliphatic rings. The smallest absolute Gasteiger partial charge is 0.0354 e. The van der Waals surface area contributed by atoms with E-state index in [4.69, 9.17) is 0 Å². The largest absolute Gasteiger partial charge is 0.0651 e. The third kappa shape index (κ3) is 17.2. The van der Waals surface area contributed by atoms with Crippen LogP contribution in [0.25, 0.3) is 0 Å². The maximum absolute atomic E-state index is 2.36. The molecule has 0 heteroatoms. The highest BCUT2D eigenvalue weighted by Gasteiger charge is 2.22. The van der Waals surface area contributed by atoms with Crippen LogP contribution in [0.5, 0.6) is 0 Å². The molecule has 0 aliphatic heterocycles. The van der Waals surface area contributed by atoms with Crippen molar-refractivity contribution in [2.24, 2.45) is 40.9 Å². The first kappa shape index (κ1) is 33.0. The van der Waals surface area contributed by atoms with E-state index < -0.39 is 0 Å². The summed E-state index contributed by atoms with van der Waals surface area (Å²) in [5, 5.41) is 0. The van der Waals surface area contributed by atoms with Crippen LogP contribution in [-0.2, 0) is 0 Å². The van der Waals surface area contributed by atoms with Crippen molar-refractivity contribution in [1.29, 1.82) is 0 Å². The zero-order valence-corrected chi connectivity index (χ0v) is 26.1. The molecule has 4 atom stereocenters. The van der Waals surface area contributed by atoms with Gasteiger partial charge in [-0.05, 0) is 60.2 Å². The van der Waals surface area contributed by atoms with Crippen LogP contribution in [-0.4, -0.2) is 0 Å². The third-order valence-electron chi connectivity index (χ3n) is 10.2. The first-order chi connectivity index (χ1) is 16.6. The summed E-state index contributed by atoms with van der Waals surface area (Å²) < 4.78 is 0. The van der Waals surface area contributed by atoms with Crippen LogP contribution in [0.1, 0.15) is 184 Å². The van der Waals surface area contributed by atoms with Crippen LogP contribution in [0.2, 0.25) is 0 Å². The molecule has 0 radical (unpaired) electrons. The van der Waals surface area contributed by atoms with Crippen LogP contribution in [0.15, 0.2) is 0 Å². The van der Waals surface area contributed by atoms with Crippen LogP contribution in [0, 0.1) is 40.9 Å². The average Bonchev–Trinajstić information content (AvgIpc) is 3.63. The zero-order valence-electron chi connectivity index (χ0n) is 26.1. The van der Waals surface area contributed by atoms with Gasteiger partial charge in [-0.3, -0.25) is 0 Å². The fourth-order valence-corrected chi connectivity index (χ4v) is 6.88. The molecule has 5 rings (SSSR count). The minimum atomic E-state index is 0.694. The van der Waals surface area contributed by atoms with E-state index in [2.05, 4.69) is 55.4 Å². The van der Waals surface area contributed by atoms with E-state index in [1.54, 1.807) is 0 Å². The van der Waals surface area contributed by atoms with Gasteiger partial charge in [0.05, 0.1) is 0 Å². The predicted octanol–water partition coefficient (Wildman–Crippen LogP) is 12.6. The van der Waals surface area contributed by atoms with Crippen molar-refractivity contribution in [2.45, 2.75) is 184 Å². The maximum atomic E-state index is 2.36. The van der Waals surface area contributed by atoms with E-state index in [0.717, 1.165) is 35.5 Å². The molecule has 0 saturated heterocycles. The minimum absolute atomic E-state index is 0.694. The van der Waals surface area contributed by atoms with Gasteiger partial charge in [-0.25, -0.2) is 0 Å².